The molecule has 218 valence electrons. The van der Waals surface area contributed by atoms with Gasteiger partial charge in [0.15, 0.2) is 23.0 Å². The van der Waals surface area contributed by atoms with Crippen molar-refractivity contribution >= 4 is 17.7 Å². The van der Waals surface area contributed by atoms with E-state index in [0.717, 1.165) is 5.56 Å². The highest BCUT2D eigenvalue weighted by Crippen LogP contribution is 2.32. The summed E-state index contributed by atoms with van der Waals surface area (Å²) >= 11 is 0. The van der Waals surface area contributed by atoms with Gasteiger partial charge >= 0.3 is 11.9 Å². The van der Waals surface area contributed by atoms with Crippen molar-refractivity contribution in [1.82, 2.24) is 4.98 Å². The Morgan fingerprint density at radius 1 is 0.902 bits per heavy atom. The predicted octanol–water partition coefficient (Wildman–Crippen LogP) is 5.46. The molecule has 3 rings (SSSR count). The van der Waals surface area contributed by atoms with Crippen LogP contribution >= 0.6 is 0 Å². The molecule has 1 aromatic heterocycles. The Morgan fingerprint density at radius 3 is 2.17 bits per heavy atom. The molecule has 0 aliphatic carbocycles. The first-order valence-corrected chi connectivity index (χ1v) is 13.5. The summed E-state index contributed by atoms with van der Waals surface area (Å²) in [6.07, 6.45) is 0.490. The van der Waals surface area contributed by atoms with E-state index >= 15 is 0 Å². The zero-order valence-electron chi connectivity index (χ0n) is 24.1. The summed E-state index contributed by atoms with van der Waals surface area (Å²) in [4.78, 5) is 42.6. The molecule has 0 aliphatic heterocycles. The van der Waals surface area contributed by atoms with E-state index in [1.807, 2.05) is 74.5 Å². The molecule has 0 unspecified atom stereocenters. The van der Waals surface area contributed by atoms with E-state index in [9.17, 15) is 14.4 Å². The average Bonchev–Trinajstić information content (AvgIpc) is 2.96. The van der Waals surface area contributed by atoms with Crippen LogP contribution in [0.1, 0.15) is 50.2 Å². The van der Waals surface area contributed by atoms with Gasteiger partial charge in [-0.05, 0) is 37.0 Å². The smallest absolute Gasteiger partial charge is 0.310 e. The fraction of sp³-hybridized carbons (Fsp3) is 0.375. The van der Waals surface area contributed by atoms with Crippen molar-refractivity contribution in [1.29, 1.82) is 0 Å². The van der Waals surface area contributed by atoms with Crippen molar-refractivity contribution in [2.24, 2.45) is 11.8 Å². The van der Waals surface area contributed by atoms with Crippen LogP contribution in [0.25, 0.3) is 0 Å². The van der Waals surface area contributed by atoms with E-state index < -0.39 is 42.6 Å². The fourth-order valence-corrected chi connectivity index (χ4v) is 4.34. The average molecular weight is 564 g/mol. The SMILES string of the molecule is COc1ccnc(C(=O)C[C@@H](Cc2ccccc2)C(=O)O[C@@H](C)[C@H](Oc2ccccc2)C(C)C)c1OCOC(C)=O. The van der Waals surface area contributed by atoms with Crippen molar-refractivity contribution in [3.05, 3.63) is 84.2 Å². The monoisotopic (exact) mass is 563 g/mol. The lowest BCUT2D eigenvalue weighted by Gasteiger charge is -2.29. The highest BCUT2D eigenvalue weighted by Gasteiger charge is 2.32. The van der Waals surface area contributed by atoms with Crippen LogP contribution in [0.2, 0.25) is 0 Å². The molecule has 0 amide bonds. The van der Waals surface area contributed by atoms with Gasteiger partial charge in [-0.2, -0.15) is 0 Å². The largest absolute Gasteiger partial charge is 0.493 e. The van der Waals surface area contributed by atoms with Crippen LogP contribution in [-0.4, -0.2) is 48.8 Å². The molecular weight excluding hydrogens is 526 g/mol. The summed E-state index contributed by atoms with van der Waals surface area (Å²) in [5.41, 5.74) is 0.837. The Kier molecular flexibility index (Phi) is 11.7. The Balaban J connectivity index is 1.83. The normalized spacial score (nSPS) is 13.0. The maximum atomic E-state index is 13.6. The number of Topliss-reactive ketones (excluding diaryl/α,β-unsaturated/α-hetero) is 1. The number of rotatable bonds is 15. The third-order valence-electron chi connectivity index (χ3n) is 6.35. The maximum absolute atomic E-state index is 13.6. The topological polar surface area (TPSA) is 110 Å². The number of hydrogen-bond donors (Lipinski definition) is 0. The standard InChI is InChI=1S/C32H37NO8/c1-21(2)30(41-26-14-10-7-11-15-26)22(3)40-32(36)25(18-24-12-8-6-9-13-24)19-27(35)29-31(39-20-38-23(4)34)28(37-5)16-17-33-29/h6-17,21-22,25,30H,18-20H2,1-5H3/t22-,25+,30+/m0/s1. The molecule has 9 heteroatoms. The molecule has 0 aliphatic rings. The van der Waals surface area contributed by atoms with E-state index in [1.165, 1.54) is 26.3 Å². The quantitative estimate of drug-likeness (QED) is 0.135. The first-order chi connectivity index (χ1) is 19.7. The summed E-state index contributed by atoms with van der Waals surface area (Å²) in [5, 5.41) is 0. The second-order valence-corrected chi connectivity index (χ2v) is 9.88. The first kappa shape index (κ1) is 31.1. The molecule has 1 heterocycles. The Labute approximate surface area is 240 Å². The zero-order valence-corrected chi connectivity index (χ0v) is 24.1. The van der Waals surface area contributed by atoms with Gasteiger partial charge < -0.3 is 23.7 Å². The van der Waals surface area contributed by atoms with Crippen LogP contribution in [0, 0.1) is 11.8 Å². The third kappa shape index (κ3) is 9.34. The number of carbonyl (C=O) groups is 3. The van der Waals surface area contributed by atoms with E-state index in [2.05, 4.69) is 4.98 Å². The summed E-state index contributed by atoms with van der Waals surface area (Å²) in [7, 11) is 1.42. The number of carbonyl (C=O) groups excluding carboxylic acids is 3. The van der Waals surface area contributed by atoms with Gasteiger partial charge in [0.1, 0.15) is 18.0 Å². The molecule has 41 heavy (non-hydrogen) atoms. The minimum Gasteiger partial charge on any atom is -0.493 e. The molecule has 3 atom stereocenters. The Morgan fingerprint density at radius 2 is 1.56 bits per heavy atom. The number of nitrogens with zero attached hydrogens (tertiary/aromatic N) is 1. The van der Waals surface area contributed by atoms with Gasteiger partial charge in [-0.15, -0.1) is 0 Å². The van der Waals surface area contributed by atoms with Crippen molar-refractivity contribution in [2.75, 3.05) is 13.9 Å². The lowest BCUT2D eigenvalue weighted by atomic mass is 9.92. The first-order valence-electron chi connectivity index (χ1n) is 13.5. The molecule has 0 N–H and O–H groups in total. The number of benzene rings is 2. The van der Waals surface area contributed by atoms with Gasteiger partial charge in [-0.1, -0.05) is 62.4 Å². The van der Waals surface area contributed by atoms with Gasteiger partial charge in [0.25, 0.3) is 0 Å². The molecule has 2 aromatic carbocycles. The van der Waals surface area contributed by atoms with Gasteiger partial charge in [0, 0.05) is 25.6 Å². The van der Waals surface area contributed by atoms with E-state index in [0.29, 0.717) is 5.75 Å². The number of para-hydroxylation sites is 1. The number of hydrogen-bond acceptors (Lipinski definition) is 9. The molecule has 3 aromatic rings. The lowest BCUT2D eigenvalue weighted by Crippen LogP contribution is -2.39. The van der Waals surface area contributed by atoms with Crippen molar-refractivity contribution in [3.63, 3.8) is 0 Å². The minimum absolute atomic E-state index is 0.0255. The molecule has 0 saturated heterocycles. The van der Waals surface area contributed by atoms with Crippen molar-refractivity contribution < 1.29 is 38.1 Å². The third-order valence-corrected chi connectivity index (χ3v) is 6.35. The number of ether oxygens (including phenoxy) is 5. The second-order valence-electron chi connectivity index (χ2n) is 9.88. The summed E-state index contributed by atoms with van der Waals surface area (Å²) in [5.74, 6) is -1.35. The number of aromatic nitrogens is 1. The zero-order chi connectivity index (χ0) is 29.8. The van der Waals surface area contributed by atoms with Crippen LogP contribution in [-0.2, 0) is 25.5 Å². The predicted molar refractivity (Wildman–Crippen MR) is 152 cm³/mol. The number of esters is 2. The number of ketones is 1. The van der Waals surface area contributed by atoms with E-state index in [-0.39, 0.29) is 36.0 Å². The second kappa shape index (κ2) is 15.4. The Bertz CT molecular complexity index is 1280. The molecule has 0 spiro atoms. The van der Waals surface area contributed by atoms with Crippen molar-refractivity contribution in [3.8, 4) is 17.2 Å². The molecule has 0 saturated carbocycles. The maximum Gasteiger partial charge on any atom is 0.310 e. The number of pyridine rings is 1. The molecule has 0 bridgehead atoms. The molecule has 0 radical (unpaired) electrons. The van der Waals surface area contributed by atoms with E-state index in [1.54, 1.807) is 6.92 Å². The van der Waals surface area contributed by atoms with Crippen molar-refractivity contribution in [2.45, 2.75) is 52.7 Å². The minimum atomic E-state index is -0.814. The summed E-state index contributed by atoms with van der Waals surface area (Å²) < 4.78 is 27.8. The molecular formula is C32H37NO8. The molecule has 0 fully saturated rings. The molecule has 9 nitrogen and oxygen atoms in total. The van der Waals surface area contributed by atoms with Crippen LogP contribution in [0.5, 0.6) is 17.2 Å². The lowest BCUT2D eigenvalue weighted by molar-refractivity contribution is -0.159. The highest BCUT2D eigenvalue weighted by atomic mass is 16.7. The summed E-state index contributed by atoms with van der Waals surface area (Å²) in [6, 6.07) is 20.3. The van der Waals surface area contributed by atoms with Crippen LogP contribution < -0.4 is 14.2 Å². The van der Waals surface area contributed by atoms with Crippen LogP contribution in [0.3, 0.4) is 0 Å². The fourth-order valence-electron chi connectivity index (χ4n) is 4.34. The summed E-state index contributed by atoms with van der Waals surface area (Å²) in [6.45, 7) is 6.59. The van der Waals surface area contributed by atoms with Gasteiger partial charge in [-0.3, -0.25) is 14.4 Å². The van der Waals surface area contributed by atoms with Crippen LogP contribution in [0.4, 0.5) is 0 Å². The van der Waals surface area contributed by atoms with Gasteiger partial charge in [0.2, 0.25) is 6.79 Å². The Hall–Kier alpha value is -4.40. The number of methoxy groups -OCH3 is 1. The van der Waals surface area contributed by atoms with Crippen LogP contribution in [0.15, 0.2) is 72.9 Å². The van der Waals surface area contributed by atoms with Gasteiger partial charge in [0.05, 0.1) is 13.0 Å². The van der Waals surface area contributed by atoms with Gasteiger partial charge in [-0.25, -0.2) is 4.98 Å². The highest BCUT2D eigenvalue weighted by molar-refractivity contribution is 5.99. The van der Waals surface area contributed by atoms with E-state index in [4.69, 9.17) is 23.7 Å².